The monoisotopic (exact) mass is 482 g/mol. The van der Waals surface area contributed by atoms with Crippen LogP contribution in [0.2, 0.25) is 0 Å². The number of benzene rings is 2. The molecule has 4 aromatic rings. The van der Waals surface area contributed by atoms with E-state index in [0.29, 0.717) is 5.11 Å². The van der Waals surface area contributed by atoms with E-state index in [1.807, 2.05) is 30.5 Å². The van der Waals surface area contributed by atoms with Gasteiger partial charge in [-0.25, -0.2) is 0 Å². The van der Waals surface area contributed by atoms with Gasteiger partial charge in [-0.05, 0) is 111 Å². The molecule has 1 aliphatic heterocycles. The molecular formula is C29H30N4OS. The summed E-state index contributed by atoms with van der Waals surface area (Å²) in [5.74, 6) is 0.845. The lowest BCUT2D eigenvalue weighted by molar-refractivity contribution is 0.414. The number of nitrogens with one attached hydrogen (secondary N) is 1. The Hall–Kier alpha value is -3.64. The van der Waals surface area contributed by atoms with E-state index in [9.17, 15) is 0 Å². The Morgan fingerprint density at radius 3 is 2.29 bits per heavy atom. The van der Waals surface area contributed by atoms with Gasteiger partial charge in [0.25, 0.3) is 0 Å². The van der Waals surface area contributed by atoms with Gasteiger partial charge in [-0.1, -0.05) is 12.1 Å². The molecular weight excluding hydrogens is 452 g/mol. The molecule has 0 amide bonds. The molecule has 2 aromatic carbocycles. The van der Waals surface area contributed by atoms with Gasteiger partial charge in [0.05, 0.1) is 24.9 Å². The van der Waals surface area contributed by atoms with Gasteiger partial charge < -0.3 is 19.5 Å². The fraction of sp³-hybridized carbons (Fsp3) is 0.241. The van der Waals surface area contributed by atoms with E-state index in [2.05, 4.69) is 84.9 Å². The molecule has 3 heterocycles. The minimum atomic E-state index is -0.0740. The van der Waals surface area contributed by atoms with E-state index in [1.165, 1.54) is 28.1 Å². The summed E-state index contributed by atoms with van der Waals surface area (Å²) in [6, 6.07) is 22.9. The molecule has 2 aromatic heterocycles. The predicted octanol–water partition coefficient (Wildman–Crippen LogP) is 6.29. The number of pyridine rings is 1. The molecule has 2 atom stereocenters. The lowest BCUT2D eigenvalue weighted by Gasteiger charge is -2.28. The van der Waals surface area contributed by atoms with Crippen molar-refractivity contribution in [1.29, 1.82) is 0 Å². The number of rotatable bonds is 5. The molecule has 0 spiro atoms. The third-order valence-electron chi connectivity index (χ3n) is 6.99. The van der Waals surface area contributed by atoms with Crippen molar-refractivity contribution in [2.24, 2.45) is 0 Å². The lowest BCUT2D eigenvalue weighted by Crippen LogP contribution is -2.29. The van der Waals surface area contributed by atoms with Crippen LogP contribution in [0.3, 0.4) is 0 Å². The number of hydrogen-bond acceptors (Lipinski definition) is 3. The van der Waals surface area contributed by atoms with Crippen LogP contribution in [0.5, 0.6) is 5.75 Å². The van der Waals surface area contributed by atoms with Crippen molar-refractivity contribution in [2.45, 2.75) is 39.8 Å². The molecule has 1 fully saturated rings. The zero-order chi connectivity index (χ0) is 24.7. The topological polar surface area (TPSA) is 42.3 Å². The molecule has 1 aliphatic rings. The maximum absolute atomic E-state index is 5.92. The number of methoxy groups -OCH3 is 1. The average Bonchev–Trinajstić information content (AvgIpc) is 3.36. The van der Waals surface area contributed by atoms with E-state index in [0.717, 1.165) is 22.8 Å². The number of hydrogen-bond donors (Lipinski definition) is 1. The predicted molar refractivity (Wildman–Crippen MR) is 146 cm³/mol. The molecule has 0 saturated carbocycles. The second-order valence-corrected chi connectivity index (χ2v) is 9.51. The molecule has 178 valence electrons. The highest BCUT2D eigenvalue weighted by Crippen LogP contribution is 2.44. The molecule has 5 nitrogen and oxygen atoms in total. The van der Waals surface area contributed by atoms with Crippen molar-refractivity contribution in [3.05, 3.63) is 107 Å². The summed E-state index contributed by atoms with van der Waals surface area (Å²) < 4.78 is 7.66. The van der Waals surface area contributed by atoms with Crippen molar-refractivity contribution in [2.75, 3.05) is 12.0 Å². The van der Waals surface area contributed by atoms with E-state index in [1.54, 1.807) is 7.11 Å². The van der Waals surface area contributed by atoms with Gasteiger partial charge in [0.15, 0.2) is 5.11 Å². The largest absolute Gasteiger partial charge is 0.497 e. The second-order valence-electron chi connectivity index (χ2n) is 9.13. The third kappa shape index (κ3) is 4.08. The van der Waals surface area contributed by atoms with E-state index in [4.69, 9.17) is 21.9 Å². The van der Waals surface area contributed by atoms with Gasteiger partial charge in [-0.3, -0.25) is 4.98 Å². The SMILES string of the molecule is COc1ccc(-n2c(C)cc([C@H]3[C@@H](c4ccccn4)NC(=S)N3c3ccc(C)c(C)c3)c2C)cc1. The highest BCUT2D eigenvalue weighted by atomic mass is 32.1. The zero-order valence-corrected chi connectivity index (χ0v) is 21.6. The van der Waals surface area contributed by atoms with Gasteiger partial charge in [0, 0.05) is 29.0 Å². The standard InChI is InChI=1S/C29H30N4OS/c1-18-9-10-23(16-19(18)2)33-28(27(31-29(33)35)26-8-6-7-15-30-26)25-17-20(3)32(21(25)4)22-11-13-24(34-5)14-12-22/h6-17,27-28H,1-5H3,(H,31,35)/t27-,28+/m1/s1. The lowest BCUT2D eigenvalue weighted by atomic mass is 9.96. The number of anilines is 1. The van der Waals surface area contributed by atoms with Crippen LogP contribution < -0.4 is 15.0 Å². The van der Waals surface area contributed by atoms with Crippen LogP contribution in [0.4, 0.5) is 5.69 Å². The summed E-state index contributed by atoms with van der Waals surface area (Å²) in [5, 5.41) is 4.29. The summed E-state index contributed by atoms with van der Waals surface area (Å²) in [7, 11) is 1.69. The minimum absolute atomic E-state index is 0.0438. The second kappa shape index (κ2) is 9.19. The zero-order valence-electron chi connectivity index (χ0n) is 20.7. The maximum atomic E-state index is 5.92. The van der Waals surface area contributed by atoms with Crippen molar-refractivity contribution < 1.29 is 4.74 Å². The van der Waals surface area contributed by atoms with Gasteiger partial charge in [-0.2, -0.15) is 0 Å². The summed E-state index contributed by atoms with van der Waals surface area (Å²) in [6.45, 7) is 8.61. The molecule has 0 radical (unpaired) electrons. The summed E-state index contributed by atoms with van der Waals surface area (Å²) >= 11 is 5.92. The van der Waals surface area contributed by atoms with E-state index in [-0.39, 0.29) is 12.1 Å². The quantitative estimate of drug-likeness (QED) is 0.339. The molecule has 0 aliphatic carbocycles. The first-order chi connectivity index (χ1) is 16.9. The fourth-order valence-corrected chi connectivity index (χ4v) is 5.39. The van der Waals surface area contributed by atoms with Gasteiger partial charge >= 0.3 is 0 Å². The van der Waals surface area contributed by atoms with Gasteiger partial charge in [0.2, 0.25) is 0 Å². The molecule has 5 rings (SSSR count). The van der Waals surface area contributed by atoms with Crippen molar-refractivity contribution >= 4 is 23.0 Å². The first-order valence-electron chi connectivity index (χ1n) is 11.8. The Bertz CT molecular complexity index is 1380. The van der Waals surface area contributed by atoms with Crippen LogP contribution in [0.15, 0.2) is 72.9 Å². The average molecular weight is 483 g/mol. The first kappa shape index (κ1) is 23.1. The molecule has 0 bridgehead atoms. The molecule has 0 unspecified atom stereocenters. The number of ether oxygens (including phenoxy) is 1. The van der Waals surface area contributed by atoms with Gasteiger partial charge in [-0.15, -0.1) is 0 Å². The minimum Gasteiger partial charge on any atom is -0.497 e. The van der Waals surface area contributed by atoms with Gasteiger partial charge in [0.1, 0.15) is 5.75 Å². The van der Waals surface area contributed by atoms with Crippen LogP contribution in [-0.2, 0) is 0 Å². The van der Waals surface area contributed by atoms with Crippen LogP contribution in [-0.4, -0.2) is 21.8 Å². The Morgan fingerprint density at radius 1 is 0.886 bits per heavy atom. The number of aromatic nitrogens is 2. The maximum Gasteiger partial charge on any atom is 0.174 e. The number of aryl methyl sites for hydroxylation is 3. The Kier molecular flexibility index (Phi) is 6.07. The Balaban J connectivity index is 1.66. The first-order valence-corrected chi connectivity index (χ1v) is 12.2. The molecule has 6 heteroatoms. The summed E-state index contributed by atoms with van der Waals surface area (Å²) in [6.07, 6.45) is 1.84. The normalized spacial score (nSPS) is 17.5. The third-order valence-corrected chi connectivity index (χ3v) is 7.30. The Morgan fingerprint density at radius 2 is 1.63 bits per heavy atom. The summed E-state index contributed by atoms with van der Waals surface area (Å²) in [5.41, 5.74) is 9.24. The van der Waals surface area contributed by atoms with Crippen molar-refractivity contribution in [3.63, 3.8) is 0 Å². The number of nitrogens with zero attached hydrogens (tertiary/aromatic N) is 3. The smallest absolute Gasteiger partial charge is 0.174 e. The van der Waals surface area contributed by atoms with Crippen molar-refractivity contribution in [1.82, 2.24) is 14.9 Å². The van der Waals surface area contributed by atoms with E-state index < -0.39 is 0 Å². The van der Waals surface area contributed by atoms with Crippen LogP contribution in [0, 0.1) is 27.7 Å². The Labute approximate surface area is 212 Å². The van der Waals surface area contributed by atoms with Crippen LogP contribution in [0.25, 0.3) is 5.69 Å². The fourth-order valence-electron chi connectivity index (χ4n) is 5.04. The van der Waals surface area contributed by atoms with Crippen LogP contribution in [0.1, 0.15) is 45.9 Å². The summed E-state index contributed by atoms with van der Waals surface area (Å²) in [4.78, 5) is 6.95. The molecule has 35 heavy (non-hydrogen) atoms. The molecule has 1 saturated heterocycles. The highest BCUT2D eigenvalue weighted by Gasteiger charge is 2.42. The number of thiocarbonyl (C=S) groups is 1. The highest BCUT2D eigenvalue weighted by molar-refractivity contribution is 7.80. The van der Waals surface area contributed by atoms with E-state index >= 15 is 0 Å². The van der Waals surface area contributed by atoms with Crippen LogP contribution >= 0.6 is 12.2 Å². The van der Waals surface area contributed by atoms with Crippen molar-refractivity contribution in [3.8, 4) is 11.4 Å². The molecule has 1 N–H and O–H groups in total.